The quantitative estimate of drug-likeness (QED) is 0.562. The Morgan fingerprint density at radius 3 is 2.70 bits per heavy atom. The second-order valence-corrected chi connectivity index (χ2v) is 6.11. The highest BCUT2D eigenvalue weighted by Gasteiger charge is 2.15. The smallest absolute Gasteiger partial charge is 0.0809 e. The molecule has 3 N–H and O–H groups in total. The molecular formula is C14H11Cl2N3S. The molecule has 6 heteroatoms. The van der Waals surface area contributed by atoms with E-state index in [-0.39, 0.29) is 6.04 Å². The second kappa shape index (κ2) is 5.68. The molecule has 3 nitrogen and oxygen atoms in total. The number of nitrogens with two attached hydrogens (primary N) is 1. The van der Waals surface area contributed by atoms with E-state index in [4.69, 9.17) is 29.0 Å². The summed E-state index contributed by atoms with van der Waals surface area (Å²) in [4.78, 5) is 4.43. The zero-order valence-corrected chi connectivity index (χ0v) is 12.6. The van der Waals surface area contributed by atoms with Crippen molar-refractivity contribution in [2.24, 2.45) is 5.84 Å². The van der Waals surface area contributed by atoms with Gasteiger partial charge >= 0.3 is 0 Å². The van der Waals surface area contributed by atoms with Crippen LogP contribution in [0.25, 0.3) is 10.2 Å². The number of hydrazine groups is 1. The molecule has 0 radical (unpaired) electrons. The largest absolute Gasteiger partial charge is 0.271 e. The number of nitrogens with zero attached hydrogens (tertiary/aromatic N) is 1. The zero-order valence-electron chi connectivity index (χ0n) is 10.3. The summed E-state index contributed by atoms with van der Waals surface area (Å²) < 4.78 is 1.13. The van der Waals surface area contributed by atoms with E-state index in [1.807, 2.05) is 29.8 Å². The van der Waals surface area contributed by atoms with E-state index in [2.05, 4.69) is 16.5 Å². The Hall–Kier alpha value is -1.17. The van der Waals surface area contributed by atoms with Crippen LogP contribution in [0.15, 0.2) is 41.9 Å². The summed E-state index contributed by atoms with van der Waals surface area (Å²) in [5, 5.41) is 3.05. The monoisotopic (exact) mass is 323 g/mol. The molecule has 2 heterocycles. The molecule has 0 saturated heterocycles. The first-order valence-electron chi connectivity index (χ1n) is 5.93. The van der Waals surface area contributed by atoms with Gasteiger partial charge in [0, 0.05) is 6.20 Å². The minimum atomic E-state index is -0.177. The van der Waals surface area contributed by atoms with E-state index >= 15 is 0 Å². The second-order valence-electron chi connectivity index (χ2n) is 4.35. The lowest BCUT2D eigenvalue weighted by Gasteiger charge is -2.17. The third kappa shape index (κ3) is 2.53. The maximum atomic E-state index is 6.07. The number of aromatic nitrogens is 1. The van der Waals surface area contributed by atoms with Crippen molar-refractivity contribution >= 4 is 44.8 Å². The summed E-state index contributed by atoms with van der Waals surface area (Å²) in [6.07, 6.45) is 1.82. The van der Waals surface area contributed by atoms with Gasteiger partial charge in [-0.05, 0) is 40.8 Å². The molecule has 0 spiro atoms. The highest BCUT2D eigenvalue weighted by Crippen LogP contribution is 2.30. The Bertz CT molecular complexity index is 757. The standard InChI is InChI=1S/C14H11Cl2N3S/c15-10-2-1-8(5-11(10)16)14(19-17)9-6-13-12(18-7-9)3-4-20-13/h1-7,14,19H,17H2. The first kappa shape index (κ1) is 13.8. The molecule has 1 aromatic carbocycles. The van der Waals surface area contributed by atoms with Gasteiger partial charge in [-0.3, -0.25) is 10.8 Å². The molecule has 0 bridgehead atoms. The predicted molar refractivity (Wildman–Crippen MR) is 85.2 cm³/mol. The first-order valence-corrected chi connectivity index (χ1v) is 7.57. The van der Waals surface area contributed by atoms with Crippen LogP contribution < -0.4 is 11.3 Å². The summed E-state index contributed by atoms with van der Waals surface area (Å²) in [7, 11) is 0. The van der Waals surface area contributed by atoms with Gasteiger partial charge in [-0.15, -0.1) is 11.3 Å². The van der Waals surface area contributed by atoms with Gasteiger partial charge in [-0.2, -0.15) is 0 Å². The number of fused-ring (bicyclic) bond motifs is 1. The molecule has 1 atom stereocenters. The van der Waals surface area contributed by atoms with Crippen molar-refractivity contribution in [1.29, 1.82) is 0 Å². The van der Waals surface area contributed by atoms with Crippen molar-refractivity contribution in [3.63, 3.8) is 0 Å². The molecule has 0 saturated carbocycles. The van der Waals surface area contributed by atoms with Gasteiger partial charge in [0.1, 0.15) is 0 Å². The Balaban J connectivity index is 2.05. The van der Waals surface area contributed by atoms with Crippen molar-refractivity contribution in [2.45, 2.75) is 6.04 Å². The fourth-order valence-corrected chi connectivity index (χ4v) is 3.19. The molecule has 102 valence electrons. The number of hydrogen-bond donors (Lipinski definition) is 2. The topological polar surface area (TPSA) is 50.9 Å². The summed E-state index contributed by atoms with van der Waals surface area (Å²) in [5.41, 5.74) is 5.72. The lowest BCUT2D eigenvalue weighted by molar-refractivity contribution is 0.636. The van der Waals surface area contributed by atoms with Crippen molar-refractivity contribution in [3.8, 4) is 0 Å². The van der Waals surface area contributed by atoms with Crippen molar-refractivity contribution < 1.29 is 0 Å². The number of rotatable bonds is 3. The Morgan fingerprint density at radius 2 is 1.95 bits per heavy atom. The normalized spacial score (nSPS) is 12.8. The van der Waals surface area contributed by atoms with Crippen LogP contribution in [0.1, 0.15) is 17.2 Å². The van der Waals surface area contributed by atoms with E-state index in [9.17, 15) is 0 Å². The molecule has 0 aliphatic carbocycles. The van der Waals surface area contributed by atoms with E-state index < -0.39 is 0 Å². The van der Waals surface area contributed by atoms with Crippen LogP contribution in [0.5, 0.6) is 0 Å². The van der Waals surface area contributed by atoms with Crippen molar-refractivity contribution in [3.05, 3.63) is 63.1 Å². The molecule has 3 aromatic rings. The number of pyridine rings is 1. The average Bonchev–Trinajstić information content (AvgIpc) is 2.91. The molecule has 0 amide bonds. The van der Waals surface area contributed by atoms with E-state index in [0.717, 1.165) is 21.3 Å². The van der Waals surface area contributed by atoms with Crippen LogP contribution in [-0.2, 0) is 0 Å². The molecule has 0 aliphatic heterocycles. The van der Waals surface area contributed by atoms with Crippen molar-refractivity contribution in [1.82, 2.24) is 10.4 Å². The highest BCUT2D eigenvalue weighted by atomic mass is 35.5. The van der Waals surface area contributed by atoms with E-state index in [1.165, 1.54) is 0 Å². The van der Waals surface area contributed by atoms with E-state index in [0.29, 0.717) is 10.0 Å². The first-order chi connectivity index (χ1) is 9.69. The van der Waals surface area contributed by atoms with Gasteiger partial charge in [0.15, 0.2) is 0 Å². The summed E-state index contributed by atoms with van der Waals surface area (Å²) >= 11 is 13.7. The van der Waals surface area contributed by atoms with Gasteiger partial charge in [0.2, 0.25) is 0 Å². The Labute approximate surface area is 130 Å². The van der Waals surface area contributed by atoms with Gasteiger partial charge in [-0.25, -0.2) is 5.43 Å². The maximum absolute atomic E-state index is 6.07. The number of benzene rings is 1. The Morgan fingerprint density at radius 1 is 1.10 bits per heavy atom. The number of hydrogen-bond acceptors (Lipinski definition) is 4. The summed E-state index contributed by atoms with van der Waals surface area (Å²) in [6.45, 7) is 0. The van der Waals surface area contributed by atoms with Gasteiger partial charge in [-0.1, -0.05) is 29.3 Å². The lowest BCUT2D eigenvalue weighted by atomic mass is 10.0. The number of thiophene rings is 1. The molecule has 3 rings (SSSR count). The minimum Gasteiger partial charge on any atom is -0.271 e. The SMILES string of the molecule is NNC(c1ccc(Cl)c(Cl)c1)c1cnc2ccsc2c1. The lowest BCUT2D eigenvalue weighted by Crippen LogP contribution is -2.28. The zero-order chi connectivity index (χ0) is 14.1. The van der Waals surface area contributed by atoms with Gasteiger partial charge < -0.3 is 0 Å². The molecule has 0 fully saturated rings. The third-order valence-corrected chi connectivity index (χ3v) is 4.69. The van der Waals surface area contributed by atoms with E-state index in [1.54, 1.807) is 17.4 Å². The number of nitrogens with one attached hydrogen (secondary N) is 1. The Kier molecular flexibility index (Phi) is 3.92. The molecule has 2 aromatic heterocycles. The van der Waals surface area contributed by atoms with Crippen LogP contribution in [0.3, 0.4) is 0 Å². The van der Waals surface area contributed by atoms with Crippen LogP contribution in [0.2, 0.25) is 10.0 Å². The molecular weight excluding hydrogens is 313 g/mol. The number of halogens is 2. The van der Waals surface area contributed by atoms with Crippen LogP contribution in [0.4, 0.5) is 0 Å². The van der Waals surface area contributed by atoms with Crippen LogP contribution in [-0.4, -0.2) is 4.98 Å². The maximum Gasteiger partial charge on any atom is 0.0809 e. The van der Waals surface area contributed by atoms with Gasteiger partial charge in [0.25, 0.3) is 0 Å². The summed E-state index contributed by atoms with van der Waals surface area (Å²) in [5.74, 6) is 5.69. The van der Waals surface area contributed by atoms with Crippen LogP contribution in [0, 0.1) is 0 Å². The van der Waals surface area contributed by atoms with Crippen molar-refractivity contribution in [2.75, 3.05) is 0 Å². The molecule has 20 heavy (non-hydrogen) atoms. The summed E-state index contributed by atoms with van der Waals surface area (Å²) in [6, 6.07) is 9.38. The molecule has 0 aliphatic rings. The third-order valence-electron chi connectivity index (χ3n) is 3.10. The van der Waals surface area contributed by atoms with Crippen LogP contribution >= 0.6 is 34.5 Å². The minimum absolute atomic E-state index is 0.177. The fourth-order valence-electron chi connectivity index (χ4n) is 2.10. The van der Waals surface area contributed by atoms with Gasteiger partial charge in [0.05, 0.1) is 26.3 Å². The highest BCUT2D eigenvalue weighted by molar-refractivity contribution is 7.17. The average molecular weight is 324 g/mol. The molecule has 1 unspecified atom stereocenters. The fraction of sp³-hybridized carbons (Fsp3) is 0.0714. The predicted octanol–water partition coefficient (Wildman–Crippen LogP) is 4.16.